The van der Waals surface area contributed by atoms with E-state index in [1.54, 1.807) is 29.6 Å². The maximum Gasteiger partial charge on any atom is 0.294 e. The molecule has 2 heterocycles. The first-order valence-electron chi connectivity index (χ1n) is 8.37. The summed E-state index contributed by atoms with van der Waals surface area (Å²) < 4.78 is 13.4. The lowest BCUT2D eigenvalue weighted by Gasteiger charge is -2.27. The van der Waals surface area contributed by atoms with Gasteiger partial charge in [-0.25, -0.2) is 4.39 Å². The van der Waals surface area contributed by atoms with Gasteiger partial charge in [-0.15, -0.1) is 11.3 Å². The van der Waals surface area contributed by atoms with Crippen molar-refractivity contribution in [2.24, 2.45) is 0 Å². The van der Waals surface area contributed by atoms with E-state index in [9.17, 15) is 24.2 Å². The van der Waals surface area contributed by atoms with E-state index in [0.29, 0.717) is 16.1 Å². The first-order valence-corrected chi connectivity index (χ1v) is 9.24. The maximum absolute atomic E-state index is 13.4. The Morgan fingerprint density at radius 3 is 2.43 bits per heavy atom. The van der Waals surface area contributed by atoms with Gasteiger partial charge in [0.25, 0.3) is 5.91 Å². The number of rotatable bonds is 4. The summed E-state index contributed by atoms with van der Waals surface area (Å²) >= 11 is 1.20. The average Bonchev–Trinajstić information content (AvgIpc) is 3.30. The lowest BCUT2D eigenvalue weighted by molar-refractivity contribution is -0.117. The molecule has 1 aliphatic heterocycles. The number of amides is 1. The van der Waals surface area contributed by atoms with Crippen LogP contribution in [-0.2, 0) is 4.79 Å². The highest BCUT2D eigenvalue weighted by molar-refractivity contribution is 7.12. The molecule has 0 spiro atoms. The molecule has 1 unspecified atom stereocenters. The highest BCUT2D eigenvalue weighted by Crippen LogP contribution is 2.42. The molecule has 0 bridgehead atoms. The third-order valence-electron chi connectivity index (χ3n) is 4.49. The molecule has 1 atom stereocenters. The molecule has 1 aromatic heterocycles. The second kappa shape index (κ2) is 6.94. The molecule has 0 saturated carbocycles. The molecule has 28 heavy (non-hydrogen) atoms. The number of phenols is 1. The highest BCUT2D eigenvalue weighted by atomic mass is 32.1. The number of hydrogen-bond acceptors (Lipinski definition) is 5. The standard InChI is InChI=1S/C21H14FNO4S/c22-13-6-8-14(9-7-13)23-18(12-3-1-4-15(24)11-12)17(20(26)21(23)27)19(25)16-5-2-10-28-16/h1-11,18,24,26H. The van der Waals surface area contributed by atoms with Gasteiger partial charge in [0.15, 0.2) is 5.76 Å². The topological polar surface area (TPSA) is 77.8 Å². The number of aliphatic hydroxyl groups is 1. The Balaban J connectivity index is 1.89. The summed E-state index contributed by atoms with van der Waals surface area (Å²) in [6.45, 7) is 0. The van der Waals surface area contributed by atoms with E-state index in [4.69, 9.17) is 0 Å². The number of ketones is 1. The molecule has 2 aromatic carbocycles. The average molecular weight is 395 g/mol. The minimum atomic E-state index is -0.959. The van der Waals surface area contributed by atoms with Crippen LogP contribution < -0.4 is 4.90 Å². The second-order valence-corrected chi connectivity index (χ2v) is 7.17. The zero-order chi connectivity index (χ0) is 19.8. The van der Waals surface area contributed by atoms with Crippen molar-refractivity contribution in [3.8, 4) is 5.75 Å². The largest absolute Gasteiger partial charge is 0.508 e. The molecule has 2 N–H and O–H groups in total. The molecule has 0 radical (unpaired) electrons. The van der Waals surface area contributed by atoms with Crippen molar-refractivity contribution in [1.82, 2.24) is 0 Å². The fourth-order valence-electron chi connectivity index (χ4n) is 3.26. The number of aliphatic hydroxyl groups excluding tert-OH is 1. The Labute approximate surface area is 163 Å². The Morgan fingerprint density at radius 2 is 1.79 bits per heavy atom. The minimum Gasteiger partial charge on any atom is -0.508 e. The number of anilines is 1. The van der Waals surface area contributed by atoms with E-state index in [0.717, 1.165) is 0 Å². The number of thiophene rings is 1. The van der Waals surface area contributed by atoms with Crippen LogP contribution in [0.5, 0.6) is 5.75 Å². The fourth-order valence-corrected chi connectivity index (χ4v) is 3.93. The Hall–Kier alpha value is -3.45. The second-order valence-electron chi connectivity index (χ2n) is 6.22. The Bertz CT molecular complexity index is 1090. The Kier molecular flexibility index (Phi) is 4.44. The summed E-state index contributed by atoms with van der Waals surface area (Å²) in [7, 11) is 0. The highest BCUT2D eigenvalue weighted by Gasteiger charge is 2.44. The van der Waals surface area contributed by atoms with Crippen molar-refractivity contribution in [2.75, 3.05) is 4.90 Å². The summed E-state index contributed by atoms with van der Waals surface area (Å²) in [6.07, 6.45) is 0. The molecule has 0 saturated heterocycles. The van der Waals surface area contributed by atoms with Crippen LogP contribution in [0.2, 0.25) is 0 Å². The van der Waals surface area contributed by atoms with E-state index in [-0.39, 0.29) is 11.3 Å². The summed E-state index contributed by atoms with van der Waals surface area (Å²) in [5.41, 5.74) is 0.685. The van der Waals surface area contributed by atoms with Crippen molar-refractivity contribution in [3.63, 3.8) is 0 Å². The van der Waals surface area contributed by atoms with Gasteiger partial charge >= 0.3 is 0 Å². The summed E-state index contributed by atoms with van der Waals surface area (Å²) in [5, 5.41) is 22.2. The number of Topliss-reactive ketones (excluding diaryl/α,β-unsaturated/α-hetero) is 1. The predicted octanol–water partition coefficient (Wildman–Crippen LogP) is 4.38. The van der Waals surface area contributed by atoms with Gasteiger partial charge in [-0.2, -0.15) is 0 Å². The van der Waals surface area contributed by atoms with Gasteiger partial charge in [0.1, 0.15) is 11.6 Å². The van der Waals surface area contributed by atoms with Crippen LogP contribution in [0.1, 0.15) is 21.3 Å². The lowest BCUT2D eigenvalue weighted by Crippen LogP contribution is -2.31. The van der Waals surface area contributed by atoms with Crippen LogP contribution >= 0.6 is 11.3 Å². The van der Waals surface area contributed by atoms with E-state index in [1.807, 2.05) is 0 Å². The Morgan fingerprint density at radius 1 is 1.04 bits per heavy atom. The number of carbonyl (C=O) groups is 2. The first kappa shape index (κ1) is 17.9. The molecular weight excluding hydrogens is 381 g/mol. The van der Waals surface area contributed by atoms with Crippen molar-refractivity contribution >= 4 is 28.7 Å². The predicted molar refractivity (Wildman–Crippen MR) is 103 cm³/mol. The number of hydrogen-bond donors (Lipinski definition) is 2. The zero-order valence-electron chi connectivity index (χ0n) is 14.4. The summed E-state index contributed by atoms with van der Waals surface area (Å²) in [5.74, 6) is -2.41. The number of halogens is 1. The third-order valence-corrected chi connectivity index (χ3v) is 5.36. The van der Waals surface area contributed by atoms with Gasteiger partial charge in [-0.1, -0.05) is 18.2 Å². The number of benzene rings is 2. The van der Waals surface area contributed by atoms with Crippen LogP contribution in [-0.4, -0.2) is 21.9 Å². The van der Waals surface area contributed by atoms with Gasteiger partial charge in [0, 0.05) is 5.69 Å². The number of carbonyl (C=O) groups excluding carboxylic acids is 2. The van der Waals surface area contributed by atoms with Gasteiger partial charge in [-0.3, -0.25) is 14.5 Å². The molecule has 140 valence electrons. The van der Waals surface area contributed by atoms with E-state index in [1.165, 1.54) is 52.6 Å². The molecule has 4 rings (SSSR count). The minimum absolute atomic E-state index is 0.0432. The van der Waals surface area contributed by atoms with Crippen LogP contribution in [0, 0.1) is 5.82 Å². The molecule has 0 fully saturated rings. The van der Waals surface area contributed by atoms with Crippen LogP contribution in [0.4, 0.5) is 10.1 Å². The van der Waals surface area contributed by atoms with E-state index >= 15 is 0 Å². The van der Waals surface area contributed by atoms with Crippen LogP contribution in [0.25, 0.3) is 0 Å². The molecule has 1 amide bonds. The fraction of sp³-hybridized carbons (Fsp3) is 0.0476. The normalized spacial score (nSPS) is 16.7. The molecule has 0 aliphatic carbocycles. The van der Waals surface area contributed by atoms with Gasteiger partial charge in [0.05, 0.1) is 16.5 Å². The number of phenolic OH excluding ortho intramolecular Hbond substituents is 1. The summed E-state index contributed by atoms with van der Waals surface area (Å²) in [6, 6.07) is 13.7. The molecule has 3 aromatic rings. The van der Waals surface area contributed by atoms with Crippen LogP contribution in [0.3, 0.4) is 0 Å². The third kappa shape index (κ3) is 2.95. The molecular formula is C21H14FNO4S. The maximum atomic E-state index is 13.4. The van der Waals surface area contributed by atoms with Crippen molar-refractivity contribution in [3.05, 3.63) is 93.6 Å². The molecule has 5 nitrogen and oxygen atoms in total. The quantitative estimate of drug-likeness (QED) is 0.643. The monoisotopic (exact) mass is 395 g/mol. The van der Waals surface area contributed by atoms with Crippen molar-refractivity contribution in [2.45, 2.75) is 6.04 Å². The number of aromatic hydroxyl groups is 1. The zero-order valence-corrected chi connectivity index (χ0v) is 15.2. The molecule has 7 heteroatoms. The van der Waals surface area contributed by atoms with Crippen LogP contribution in [0.15, 0.2) is 77.4 Å². The van der Waals surface area contributed by atoms with Gasteiger partial charge < -0.3 is 10.2 Å². The molecule has 1 aliphatic rings. The van der Waals surface area contributed by atoms with E-state index in [2.05, 4.69) is 0 Å². The van der Waals surface area contributed by atoms with E-state index < -0.39 is 29.3 Å². The van der Waals surface area contributed by atoms with Gasteiger partial charge in [0.2, 0.25) is 5.78 Å². The van der Waals surface area contributed by atoms with Gasteiger partial charge in [-0.05, 0) is 53.4 Å². The first-order chi connectivity index (χ1) is 13.5. The summed E-state index contributed by atoms with van der Waals surface area (Å²) in [4.78, 5) is 27.5. The SMILES string of the molecule is O=C(C1=C(O)C(=O)N(c2ccc(F)cc2)C1c1cccc(O)c1)c1cccs1. The van der Waals surface area contributed by atoms with Crippen molar-refractivity contribution < 1.29 is 24.2 Å². The van der Waals surface area contributed by atoms with Crippen molar-refractivity contribution in [1.29, 1.82) is 0 Å². The number of nitrogens with zero attached hydrogens (tertiary/aromatic N) is 1. The smallest absolute Gasteiger partial charge is 0.294 e. The lowest BCUT2D eigenvalue weighted by atomic mass is 9.95.